The Morgan fingerprint density at radius 3 is 2.54 bits per heavy atom. The van der Waals surface area contributed by atoms with Gasteiger partial charge in [-0.25, -0.2) is 9.97 Å². The second kappa shape index (κ2) is 7.55. The van der Waals surface area contributed by atoms with Gasteiger partial charge in [0.15, 0.2) is 5.65 Å². The van der Waals surface area contributed by atoms with E-state index in [1.807, 2.05) is 57.4 Å². The number of nitrogens with zero attached hydrogens (tertiary/aromatic N) is 6. The number of aromatic nitrogens is 4. The van der Waals surface area contributed by atoms with Crippen LogP contribution in [0.5, 0.6) is 0 Å². The standard InChI is InChI=1S/C20H25N7O/c1-14(20(28)24-16-7-5-4-6-8-16)26-9-11-27(12-10-26)19-17-13-21-25(3)18(17)22-15(2)23-19/h4-8,13-14H,9-12H2,1-3H3,(H,24,28)/t14-/m1/s1. The van der Waals surface area contributed by atoms with Crippen molar-refractivity contribution in [3.05, 3.63) is 42.4 Å². The number of nitrogens with one attached hydrogen (secondary N) is 1. The van der Waals surface area contributed by atoms with Gasteiger partial charge in [-0.1, -0.05) is 18.2 Å². The van der Waals surface area contributed by atoms with E-state index in [4.69, 9.17) is 0 Å². The Morgan fingerprint density at radius 2 is 1.82 bits per heavy atom. The monoisotopic (exact) mass is 379 g/mol. The number of fused-ring (bicyclic) bond motifs is 1. The normalized spacial score (nSPS) is 16.3. The second-order valence-electron chi connectivity index (χ2n) is 7.15. The minimum atomic E-state index is -0.187. The zero-order chi connectivity index (χ0) is 19.7. The highest BCUT2D eigenvalue weighted by atomic mass is 16.2. The first kappa shape index (κ1) is 18.4. The SMILES string of the molecule is Cc1nc(N2CCN([C@H](C)C(=O)Nc3ccccc3)CC2)c2cnn(C)c2n1. The third kappa shape index (κ3) is 3.55. The van der Waals surface area contributed by atoms with E-state index >= 15 is 0 Å². The zero-order valence-corrected chi connectivity index (χ0v) is 16.5. The van der Waals surface area contributed by atoms with Crippen molar-refractivity contribution in [1.29, 1.82) is 0 Å². The smallest absolute Gasteiger partial charge is 0.241 e. The van der Waals surface area contributed by atoms with Crippen LogP contribution in [0.2, 0.25) is 0 Å². The number of rotatable bonds is 4. The molecule has 1 amide bonds. The second-order valence-corrected chi connectivity index (χ2v) is 7.15. The molecule has 0 saturated carbocycles. The van der Waals surface area contributed by atoms with Gasteiger partial charge >= 0.3 is 0 Å². The zero-order valence-electron chi connectivity index (χ0n) is 16.5. The number of benzene rings is 1. The van der Waals surface area contributed by atoms with E-state index in [1.165, 1.54) is 0 Å². The fraction of sp³-hybridized carbons (Fsp3) is 0.400. The predicted octanol–water partition coefficient (Wildman–Crippen LogP) is 1.82. The lowest BCUT2D eigenvalue weighted by molar-refractivity contribution is -0.120. The Labute approximate surface area is 164 Å². The highest BCUT2D eigenvalue weighted by Crippen LogP contribution is 2.24. The van der Waals surface area contributed by atoms with Crippen molar-refractivity contribution in [3.63, 3.8) is 0 Å². The summed E-state index contributed by atoms with van der Waals surface area (Å²) in [5.41, 5.74) is 1.67. The van der Waals surface area contributed by atoms with E-state index in [9.17, 15) is 4.79 Å². The van der Waals surface area contributed by atoms with Crippen molar-refractivity contribution >= 4 is 28.4 Å². The minimum absolute atomic E-state index is 0.0205. The summed E-state index contributed by atoms with van der Waals surface area (Å²) in [6.45, 7) is 7.08. The molecule has 28 heavy (non-hydrogen) atoms. The van der Waals surface area contributed by atoms with Gasteiger partial charge in [0, 0.05) is 38.9 Å². The molecular weight excluding hydrogens is 354 g/mol. The first-order valence-corrected chi connectivity index (χ1v) is 9.54. The van der Waals surface area contributed by atoms with Crippen molar-refractivity contribution in [3.8, 4) is 0 Å². The maximum atomic E-state index is 12.6. The molecule has 0 aliphatic carbocycles. The maximum Gasteiger partial charge on any atom is 0.241 e. The largest absolute Gasteiger partial charge is 0.353 e. The molecule has 3 aromatic rings. The topological polar surface area (TPSA) is 79.2 Å². The molecule has 0 spiro atoms. The summed E-state index contributed by atoms with van der Waals surface area (Å²) in [4.78, 5) is 26.2. The van der Waals surface area contributed by atoms with Crippen LogP contribution < -0.4 is 10.2 Å². The molecule has 1 fully saturated rings. The molecule has 1 saturated heterocycles. The van der Waals surface area contributed by atoms with E-state index in [0.717, 1.165) is 54.5 Å². The number of piperazine rings is 1. The quantitative estimate of drug-likeness (QED) is 0.745. The Balaban J connectivity index is 1.43. The summed E-state index contributed by atoms with van der Waals surface area (Å²) < 4.78 is 1.78. The summed E-state index contributed by atoms with van der Waals surface area (Å²) in [5.74, 6) is 1.69. The number of amides is 1. The molecule has 1 aliphatic heterocycles. The Hall–Kier alpha value is -3.00. The number of carbonyl (C=O) groups excluding carboxylic acids is 1. The maximum absolute atomic E-state index is 12.6. The minimum Gasteiger partial charge on any atom is -0.353 e. The third-order valence-corrected chi connectivity index (χ3v) is 5.27. The van der Waals surface area contributed by atoms with Crippen LogP contribution in [0.3, 0.4) is 0 Å². The summed E-state index contributed by atoms with van der Waals surface area (Å²) in [7, 11) is 1.89. The number of hydrogen-bond donors (Lipinski definition) is 1. The van der Waals surface area contributed by atoms with Gasteiger partial charge in [-0.05, 0) is 26.0 Å². The Morgan fingerprint density at radius 1 is 1.11 bits per heavy atom. The number of anilines is 2. The molecule has 3 heterocycles. The fourth-order valence-electron chi connectivity index (χ4n) is 3.61. The predicted molar refractivity (Wildman–Crippen MR) is 109 cm³/mol. The van der Waals surface area contributed by atoms with Crippen molar-refractivity contribution in [2.24, 2.45) is 7.05 Å². The van der Waals surface area contributed by atoms with Crippen molar-refractivity contribution < 1.29 is 4.79 Å². The van der Waals surface area contributed by atoms with Gasteiger partial charge in [0.1, 0.15) is 11.6 Å². The van der Waals surface area contributed by atoms with Crippen LogP contribution in [0.1, 0.15) is 12.7 Å². The number of aryl methyl sites for hydroxylation is 2. The van der Waals surface area contributed by atoms with Gasteiger partial charge in [0.2, 0.25) is 5.91 Å². The van der Waals surface area contributed by atoms with E-state index in [-0.39, 0.29) is 11.9 Å². The van der Waals surface area contributed by atoms with E-state index in [2.05, 4.69) is 30.2 Å². The molecule has 1 atom stereocenters. The summed E-state index contributed by atoms with van der Waals surface area (Å²) in [6, 6.07) is 9.39. The molecule has 1 aromatic carbocycles. The van der Waals surface area contributed by atoms with Gasteiger partial charge in [0.25, 0.3) is 0 Å². The molecule has 0 radical (unpaired) electrons. The Kier molecular flexibility index (Phi) is 4.95. The molecule has 4 rings (SSSR count). The fourth-order valence-corrected chi connectivity index (χ4v) is 3.61. The van der Waals surface area contributed by atoms with Crippen LogP contribution in [-0.2, 0) is 11.8 Å². The van der Waals surface area contributed by atoms with Crippen LogP contribution in [0.15, 0.2) is 36.5 Å². The highest BCUT2D eigenvalue weighted by molar-refractivity contribution is 5.94. The summed E-state index contributed by atoms with van der Waals surface area (Å²) in [6.07, 6.45) is 1.83. The molecule has 1 aliphatic rings. The first-order valence-electron chi connectivity index (χ1n) is 9.54. The van der Waals surface area contributed by atoms with Crippen LogP contribution in [0.4, 0.5) is 11.5 Å². The molecule has 0 unspecified atom stereocenters. The van der Waals surface area contributed by atoms with Crippen molar-refractivity contribution in [1.82, 2.24) is 24.6 Å². The van der Waals surface area contributed by atoms with E-state index in [0.29, 0.717) is 0 Å². The first-order chi connectivity index (χ1) is 13.5. The molecule has 0 bridgehead atoms. The number of carbonyl (C=O) groups is 1. The van der Waals surface area contributed by atoms with Gasteiger partial charge in [-0.2, -0.15) is 5.10 Å². The lowest BCUT2D eigenvalue weighted by Crippen LogP contribution is -2.53. The molecule has 8 nitrogen and oxygen atoms in total. The lowest BCUT2D eigenvalue weighted by atomic mass is 10.2. The van der Waals surface area contributed by atoms with Crippen molar-refractivity contribution in [2.75, 3.05) is 36.4 Å². The van der Waals surface area contributed by atoms with Crippen LogP contribution in [-0.4, -0.2) is 62.8 Å². The average Bonchev–Trinajstić information content (AvgIpc) is 3.08. The highest BCUT2D eigenvalue weighted by Gasteiger charge is 2.27. The summed E-state index contributed by atoms with van der Waals surface area (Å²) >= 11 is 0. The summed E-state index contributed by atoms with van der Waals surface area (Å²) in [5, 5.41) is 8.28. The van der Waals surface area contributed by atoms with Gasteiger partial charge in [-0.15, -0.1) is 0 Å². The van der Waals surface area contributed by atoms with Gasteiger partial charge < -0.3 is 10.2 Å². The van der Waals surface area contributed by atoms with Crippen LogP contribution in [0, 0.1) is 6.92 Å². The van der Waals surface area contributed by atoms with Crippen LogP contribution >= 0.6 is 0 Å². The van der Waals surface area contributed by atoms with Crippen molar-refractivity contribution in [2.45, 2.75) is 19.9 Å². The number of hydrogen-bond acceptors (Lipinski definition) is 6. The third-order valence-electron chi connectivity index (χ3n) is 5.27. The van der Waals surface area contributed by atoms with E-state index < -0.39 is 0 Å². The van der Waals surface area contributed by atoms with Gasteiger partial charge in [-0.3, -0.25) is 14.4 Å². The van der Waals surface area contributed by atoms with Crippen LogP contribution in [0.25, 0.3) is 11.0 Å². The van der Waals surface area contributed by atoms with Gasteiger partial charge in [0.05, 0.1) is 17.6 Å². The van der Waals surface area contributed by atoms with E-state index in [1.54, 1.807) is 4.68 Å². The molecule has 8 heteroatoms. The number of para-hydroxylation sites is 1. The molecule has 2 aromatic heterocycles. The average molecular weight is 379 g/mol. The lowest BCUT2D eigenvalue weighted by Gasteiger charge is -2.38. The Bertz CT molecular complexity index is 977. The molecule has 146 valence electrons. The molecule has 1 N–H and O–H groups in total. The molecular formula is C20H25N7O.